The van der Waals surface area contributed by atoms with E-state index in [1.807, 2.05) is 30.8 Å². The van der Waals surface area contributed by atoms with Crippen molar-refractivity contribution in [3.8, 4) is 0 Å². The number of nitrogens with one attached hydrogen (secondary N) is 1. The highest BCUT2D eigenvalue weighted by atomic mass is 32.2. The number of benzene rings is 1. The van der Waals surface area contributed by atoms with Crippen LogP contribution in [0, 0.1) is 6.92 Å². The van der Waals surface area contributed by atoms with E-state index in [9.17, 15) is 4.79 Å². The molecule has 94 valence electrons. The molecule has 0 spiro atoms. The summed E-state index contributed by atoms with van der Waals surface area (Å²) in [7, 11) is 0. The van der Waals surface area contributed by atoms with Crippen LogP contribution in [0.25, 0.3) is 0 Å². The molecule has 0 unspecified atom stereocenters. The van der Waals surface area contributed by atoms with Gasteiger partial charge in [0.05, 0.1) is 0 Å². The molecule has 17 heavy (non-hydrogen) atoms. The number of rotatable bonds is 7. The molecule has 1 amide bonds. The third kappa shape index (κ3) is 4.69. The molecule has 1 aromatic carbocycles. The summed E-state index contributed by atoms with van der Waals surface area (Å²) < 4.78 is 0. The standard InChI is InChI=1S/C13H20N2OS/c1-3-17-8-4-7-15-12-6-5-11(13(14)16)9-10(12)2/h5-6,9,15H,3-4,7-8H2,1-2H3,(H2,14,16). The molecule has 0 bridgehead atoms. The van der Waals surface area contributed by atoms with E-state index in [-0.39, 0.29) is 5.91 Å². The van der Waals surface area contributed by atoms with Gasteiger partial charge in [0.25, 0.3) is 0 Å². The largest absolute Gasteiger partial charge is 0.385 e. The maximum atomic E-state index is 11.0. The third-order valence-electron chi connectivity index (χ3n) is 2.50. The molecular formula is C13H20N2OS. The molecule has 4 heteroatoms. The van der Waals surface area contributed by atoms with Gasteiger partial charge in [-0.05, 0) is 48.6 Å². The number of amides is 1. The fourth-order valence-corrected chi connectivity index (χ4v) is 2.19. The molecular weight excluding hydrogens is 232 g/mol. The Labute approximate surface area is 107 Å². The lowest BCUT2D eigenvalue weighted by Crippen LogP contribution is -2.11. The number of carbonyl (C=O) groups excluding carboxylic acids is 1. The van der Waals surface area contributed by atoms with Gasteiger partial charge in [0.15, 0.2) is 0 Å². The lowest BCUT2D eigenvalue weighted by atomic mass is 10.1. The minimum Gasteiger partial charge on any atom is -0.385 e. The van der Waals surface area contributed by atoms with E-state index in [0.717, 1.165) is 24.2 Å². The number of anilines is 1. The first-order valence-electron chi connectivity index (χ1n) is 5.87. The second-order valence-electron chi connectivity index (χ2n) is 3.87. The van der Waals surface area contributed by atoms with Gasteiger partial charge in [-0.1, -0.05) is 6.92 Å². The van der Waals surface area contributed by atoms with Crippen molar-refractivity contribution < 1.29 is 4.79 Å². The predicted molar refractivity (Wildman–Crippen MR) is 75.8 cm³/mol. The first-order valence-corrected chi connectivity index (χ1v) is 7.02. The fourth-order valence-electron chi connectivity index (χ4n) is 1.56. The minimum atomic E-state index is -0.376. The topological polar surface area (TPSA) is 55.1 Å². The van der Waals surface area contributed by atoms with Gasteiger partial charge >= 0.3 is 0 Å². The Hall–Kier alpha value is -1.16. The van der Waals surface area contributed by atoms with Gasteiger partial charge in [-0.2, -0.15) is 11.8 Å². The molecule has 3 N–H and O–H groups in total. The van der Waals surface area contributed by atoms with Crippen molar-refractivity contribution in [3.63, 3.8) is 0 Å². The maximum absolute atomic E-state index is 11.0. The van der Waals surface area contributed by atoms with Crippen molar-refractivity contribution >= 4 is 23.4 Å². The van der Waals surface area contributed by atoms with Gasteiger partial charge in [0.1, 0.15) is 0 Å². The normalized spacial score (nSPS) is 10.2. The number of aryl methyl sites for hydroxylation is 1. The molecule has 0 fully saturated rings. The van der Waals surface area contributed by atoms with E-state index >= 15 is 0 Å². The molecule has 0 aromatic heterocycles. The van der Waals surface area contributed by atoms with Crippen LogP contribution in [-0.4, -0.2) is 24.0 Å². The highest BCUT2D eigenvalue weighted by Crippen LogP contribution is 2.16. The van der Waals surface area contributed by atoms with Gasteiger partial charge in [-0.25, -0.2) is 0 Å². The Bertz CT molecular complexity index is 380. The van der Waals surface area contributed by atoms with Crippen molar-refractivity contribution in [2.24, 2.45) is 5.73 Å². The summed E-state index contributed by atoms with van der Waals surface area (Å²) in [5.41, 5.74) is 7.93. The molecule has 0 aliphatic carbocycles. The first-order chi connectivity index (χ1) is 8.15. The average molecular weight is 252 g/mol. The molecule has 0 heterocycles. The molecule has 1 rings (SSSR count). The number of hydrogen-bond donors (Lipinski definition) is 2. The zero-order chi connectivity index (χ0) is 12.7. The second-order valence-corrected chi connectivity index (χ2v) is 5.27. The molecule has 0 aliphatic rings. The van der Waals surface area contributed by atoms with Gasteiger partial charge in [-0.3, -0.25) is 4.79 Å². The lowest BCUT2D eigenvalue weighted by Gasteiger charge is -2.10. The van der Waals surface area contributed by atoms with Gasteiger partial charge in [0, 0.05) is 17.8 Å². The smallest absolute Gasteiger partial charge is 0.248 e. The van der Waals surface area contributed by atoms with E-state index < -0.39 is 0 Å². The highest BCUT2D eigenvalue weighted by molar-refractivity contribution is 7.99. The lowest BCUT2D eigenvalue weighted by molar-refractivity contribution is 0.1000. The predicted octanol–water partition coefficient (Wildman–Crippen LogP) is 2.65. The summed E-state index contributed by atoms with van der Waals surface area (Å²) in [6.07, 6.45) is 1.15. The quantitative estimate of drug-likeness (QED) is 0.734. The number of carbonyl (C=O) groups is 1. The van der Waals surface area contributed by atoms with E-state index in [1.54, 1.807) is 6.07 Å². The molecule has 0 saturated carbocycles. The zero-order valence-electron chi connectivity index (χ0n) is 10.5. The van der Waals surface area contributed by atoms with Crippen LogP contribution in [0.2, 0.25) is 0 Å². The first kappa shape index (κ1) is 13.9. The Morgan fingerprint density at radius 3 is 2.82 bits per heavy atom. The van der Waals surface area contributed by atoms with Crippen molar-refractivity contribution in [1.82, 2.24) is 0 Å². The van der Waals surface area contributed by atoms with Gasteiger partial charge < -0.3 is 11.1 Å². The number of nitrogens with two attached hydrogens (primary N) is 1. The number of thioether (sulfide) groups is 1. The second kappa shape index (κ2) is 7.22. The molecule has 3 nitrogen and oxygen atoms in total. The van der Waals surface area contributed by atoms with Crippen molar-refractivity contribution in [1.29, 1.82) is 0 Å². The van der Waals surface area contributed by atoms with Crippen LogP contribution in [0.4, 0.5) is 5.69 Å². The average Bonchev–Trinajstić information content (AvgIpc) is 2.30. The van der Waals surface area contributed by atoms with E-state index in [4.69, 9.17) is 5.73 Å². The molecule has 0 atom stereocenters. The molecule has 1 aromatic rings. The van der Waals surface area contributed by atoms with Gasteiger partial charge in [0.2, 0.25) is 5.91 Å². The van der Waals surface area contributed by atoms with Gasteiger partial charge in [-0.15, -0.1) is 0 Å². The van der Waals surface area contributed by atoms with Crippen LogP contribution in [0.15, 0.2) is 18.2 Å². The minimum absolute atomic E-state index is 0.376. The molecule has 0 radical (unpaired) electrons. The highest BCUT2D eigenvalue weighted by Gasteiger charge is 2.03. The Morgan fingerprint density at radius 2 is 2.24 bits per heavy atom. The van der Waals surface area contributed by atoms with Crippen molar-refractivity contribution in [2.45, 2.75) is 20.3 Å². The summed E-state index contributed by atoms with van der Waals surface area (Å²) in [5, 5.41) is 3.37. The van der Waals surface area contributed by atoms with Crippen LogP contribution in [-0.2, 0) is 0 Å². The Balaban J connectivity index is 2.46. The number of hydrogen-bond acceptors (Lipinski definition) is 3. The SMILES string of the molecule is CCSCCCNc1ccc(C(N)=O)cc1C. The monoisotopic (exact) mass is 252 g/mol. The molecule has 0 saturated heterocycles. The Morgan fingerprint density at radius 1 is 1.47 bits per heavy atom. The van der Waals surface area contributed by atoms with Crippen LogP contribution in [0.5, 0.6) is 0 Å². The summed E-state index contributed by atoms with van der Waals surface area (Å²) in [6.45, 7) is 5.12. The van der Waals surface area contributed by atoms with Crippen LogP contribution in [0.1, 0.15) is 29.3 Å². The van der Waals surface area contributed by atoms with Crippen molar-refractivity contribution in [3.05, 3.63) is 29.3 Å². The summed E-state index contributed by atoms with van der Waals surface area (Å²) in [4.78, 5) is 11.0. The number of primary amides is 1. The van der Waals surface area contributed by atoms with E-state index in [1.165, 1.54) is 11.5 Å². The van der Waals surface area contributed by atoms with Crippen LogP contribution in [0.3, 0.4) is 0 Å². The van der Waals surface area contributed by atoms with Crippen molar-refractivity contribution in [2.75, 3.05) is 23.4 Å². The maximum Gasteiger partial charge on any atom is 0.248 e. The van der Waals surface area contributed by atoms with Crippen LogP contribution < -0.4 is 11.1 Å². The van der Waals surface area contributed by atoms with E-state index in [2.05, 4.69) is 12.2 Å². The summed E-state index contributed by atoms with van der Waals surface area (Å²) >= 11 is 1.95. The Kier molecular flexibility index (Phi) is 5.91. The summed E-state index contributed by atoms with van der Waals surface area (Å²) in [6, 6.07) is 5.51. The fraction of sp³-hybridized carbons (Fsp3) is 0.462. The summed E-state index contributed by atoms with van der Waals surface area (Å²) in [5.74, 6) is 1.98. The third-order valence-corrected chi connectivity index (χ3v) is 3.48. The zero-order valence-corrected chi connectivity index (χ0v) is 11.3. The van der Waals surface area contributed by atoms with E-state index in [0.29, 0.717) is 5.56 Å². The molecule has 0 aliphatic heterocycles. The van der Waals surface area contributed by atoms with Crippen LogP contribution >= 0.6 is 11.8 Å².